The van der Waals surface area contributed by atoms with Crippen LogP contribution in [-0.4, -0.2) is 24.2 Å². The molecule has 2 aromatic rings. The van der Waals surface area contributed by atoms with Gasteiger partial charge in [-0.1, -0.05) is 30.3 Å². The smallest absolute Gasteiger partial charge is 0.302 e. The Morgan fingerprint density at radius 2 is 1.96 bits per heavy atom. The van der Waals surface area contributed by atoms with E-state index in [2.05, 4.69) is 17.1 Å². The van der Waals surface area contributed by atoms with Crippen LogP contribution in [0.2, 0.25) is 0 Å². The summed E-state index contributed by atoms with van der Waals surface area (Å²) in [6.45, 7) is 3.29. The number of aromatic nitrogens is 1. The number of pyridine rings is 1. The van der Waals surface area contributed by atoms with E-state index in [0.29, 0.717) is 12.3 Å². The van der Waals surface area contributed by atoms with Crippen molar-refractivity contribution >= 4 is 17.7 Å². The Balaban J connectivity index is 2.12. The van der Waals surface area contributed by atoms with E-state index in [-0.39, 0.29) is 12.1 Å². The minimum atomic E-state index is -0.279. The molecule has 5 heteroatoms. The van der Waals surface area contributed by atoms with Gasteiger partial charge in [-0.05, 0) is 18.6 Å². The first-order valence-electron chi connectivity index (χ1n) is 7.46. The number of benzene rings is 1. The first kappa shape index (κ1) is 17.3. The molecule has 0 N–H and O–H groups in total. The second-order valence-electron chi connectivity index (χ2n) is 5.20. The van der Waals surface area contributed by atoms with Gasteiger partial charge in [0.2, 0.25) is 5.88 Å². The summed E-state index contributed by atoms with van der Waals surface area (Å²) in [5.74, 6) is 1.15. The average Bonchev–Trinajstić information content (AvgIpc) is 2.53. The van der Waals surface area contributed by atoms with Gasteiger partial charge in [-0.25, -0.2) is 4.98 Å². The highest BCUT2D eigenvalue weighted by Gasteiger charge is 2.13. The fourth-order valence-corrected chi connectivity index (χ4v) is 3.17. The number of nitrogens with zero attached hydrogens (tertiary/aromatic N) is 1. The fourth-order valence-electron chi connectivity index (χ4n) is 2.19. The third-order valence-electron chi connectivity index (χ3n) is 3.20. The molecule has 0 radical (unpaired) electrons. The highest BCUT2D eigenvalue weighted by molar-refractivity contribution is 7.98. The number of thioether (sulfide) groups is 1. The minimum Gasteiger partial charge on any atom is -0.481 e. The summed E-state index contributed by atoms with van der Waals surface area (Å²) in [6, 6.07) is 14.1. The summed E-state index contributed by atoms with van der Waals surface area (Å²) < 4.78 is 10.4. The second kappa shape index (κ2) is 8.58. The van der Waals surface area contributed by atoms with Gasteiger partial charge in [-0.2, -0.15) is 0 Å². The minimum absolute atomic E-state index is 0.219. The van der Waals surface area contributed by atoms with E-state index in [4.69, 9.17) is 9.47 Å². The zero-order valence-corrected chi connectivity index (χ0v) is 14.4. The van der Waals surface area contributed by atoms with E-state index < -0.39 is 0 Å². The molecular formula is C18H21NO3S. The Labute approximate surface area is 141 Å². The van der Waals surface area contributed by atoms with Gasteiger partial charge >= 0.3 is 5.97 Å². The van der Waals surface area contributed by atoms with Crippen molar-refractivity contribution in [1.82, 2.24) is 4.98 Å². The molecule has 1 aromatic carbocycles. The Kier molecular flexibility index (Phi) is 6.47. The van der Waals surface area contributed by atoms with Crippen molar-refractivity contribution in [2.75, 3.05) is 7.11 Å². The lowest BCUT2D eigenvalue weighted by Gasteiger charge is -2.15. The van der Waals surface area contributed by atoms with Crippen molar-refractivity contribution in [3.63, 3.8) is 0 Å². The highest BCUT2D eigenvalue weighted by atomic mass is 32.2. The summed E-state index contributed by atoms with van der Waals surface area (Å²) in [5, 5.41) is 0. The van der Waals surface area contributed by atoms with Crippen molar-refractivity contribution in [3.8, 4) is 5.88 Å². The van der Waals surface area contributed by atoms with Gasteiger partial charge in [0, 0.05) is 30.1 Å². The molecule has 1 aromatic heterocycles. The lowest BCUT2D eigenvalue weighted by atomic mass is 10.2. The van der Waals surface area contributed by atoms with E-state index >= 15 is 0 Å². The summed E-state index contributed by atoms with van der Waals surface area (Å²) in [5.41, 5.74) is 2.14. The molecule has 0 aliphatic carbocycles. The number of esters is 1. The van der Waals surface area contributed by atoms with Gasteiger partial charge in [-0.3, -0.25) is 4.79 Å². The molecule has 0 fully saturated rings. The normalized spacial score (nSPS) is 11.8. The molecular weight excluding hydrogens is 310 g/mol. The molecule has 4 nitrogen and oxygen atoms in total. The van der Waals surface area contributed by atoms with Gasteiger partial charge in [0.25, 0.3) is 0 Å². The summed E-state index contributed by atoms with van der Waals surface area (Å²) >= 11 is 1.72. The van der Waals surface area contributed by atoms with Gasteiger partial charge in [0.15, 0.2) is 0 Å². The van der Waals surface area contributed by atoms with Crippen molar-refractivity contribution in [2.45, 2.75) is 37.0 Å². The first-order valence-corrected chi connectivity index (χ1v) is 8.45. The molecule has 1 atom stereocenters. The molecule has 0 aliphatic heterocycles. The lowest BCUT2D eigenvalue weighted by molar-refractivity contribution is -0.145. The Morgan fingerprint density at radius 3 is 2.61 bits per heavy atom. The maximum absolute atomic E-state index is 11.1. The average molecular weight is 331 g/mol. The summed E-state index contributed by atoms with van der Waals surface area (Å²) in [7, 11) is 1.60. The monoisotopic (exact) mass is 331 g/mol. The largest absolute Gasteiger partial charge is 0.481 e. The molecule has 1 unspecified atom stereocenters. The number of hydrogen-bond acceptors (Lipinski definition) is 5. The number of carbonyl (C=O) groups is 1. The van der Waals surface area contributed by atoms with Gasteiger partial charge in [0.05, 0.1) is 12.8 Å². The van der Waals surface area contributed by atoms with Crippen molar-refractivity contribution in [3.05, 3.63) is 53.7 Å². The molecule has 122 valence electrons. The van der Waals surface area contributed by atoms with Crippen molar-refractivity contribution in [2.24, 2.45) is 0 Å². The zero-order chi connectivity index (χ0) is 16.7. The Hall–Kier alpha value is -2.01. The molecule has 0 amide bonds. The fraction of sp³-hybridized carbons (Fsp3) is 0.333. The van der Waals surface area contributed by atoms with Crippen LogP contribution < -0.4 is 4.74 Å². The predicted octanol–water partition coefficient (Wildman–Crippen LogP) is 3.88. The topological polar surface area (TPSA) is 48.4 Å². The third kappa shape index (κ3) is 5.60. The summed E-state index contributed by atoms with van der Waals surface area (Å²) in [6.07, 6.45) is 0.344. The van der Waals surface area contributed by atoms with Crippen molar-refractivity contribution < 1.29 is 14.3 Å². The van der Waals surface area contributed by atoms with Crippen molar-refractivity contribution in [1.29, 1.82) is 0 Å². The van der Waals surface area contributed by atoms with Crippen LogP contribution in [0.1, 0.15) is 25.1 Å². The quantitative estimate of drug-likeness (QED) is 0.569. The van der Waals surface area contributed by atoms with Crippen LogP contribution in [-0.2, 0) is 21.7 Å². The van der Waals surface area contributed by atoms with Crippen LogP contribution in [0.25, 0.3) is 0 Å². The SMILES string of the molecule is COc1ccc(SCc2ccccc2)c(CC(C)OC(C)=O)n1. The first-order chi connectivity index (χ1) is 11.1. The third-order valence-corrected chi connectivity index (χ3v) is 4.36. The zero-order valence-electron chi connectivity index (χ0n) is 13.6. The summed E-state index contributed by atoms with van der Waals surface area (Å²) in [4.78, 5) is 16.7. The highest BCUT2D eigenvalue weighted by Crippen LogP contribution is 2.28. The molecule has 0 aliphatic rings. The van der Waals surface area contributed by atoms with Crippen LogP contribution in [0.15, 0.2) is 47.4 Å². The molecule has 2 rings (SSSR count). The van der Waals surface area contributed by atoms with Gasteiger partial charge < -0.3 is 9.47 Å². The second-order valence-corrected chi connectivity index (χ2v) is 6.21. The van der Waals surface area contributed by atoms with Gasteiger partial charge in [0.1, 0.15) is 6.10 Å². The number of methoxy groups -OCH3 is 1. The van der Waals surface area contributed by atoms with E-state index in [1.807, 2.05) is 37.3 Å². The van der Waals surface area contributed by atoms with E-state index in [1.54, 1.807) is 18.9 Å². The van der Waals surface area contributed by atoms with Crippen LogP contribution >= 0.6 is 11.8 Å². The lowest BCUT2D eigenvalue weighted by Crippen LogP contribution is -2.16. The molecule has 1 heterocycles. The molecule has 0 saturated heterocycles. The van der Waals surface area contributed by atoms with E-state index in [9.17, 15) is 4.79 Å². The standard InChI is InChI=1S/C18H21NO3S/c1-13(22-14(2)20)11-16-17(9-10-18(19-16)21-3)23-12-15-7-5-4-6-8-15/h4-10,13H,11-12H2,1-3H3. The van der Waals surface area contributed by atoms with Gasteiger partial charge in [-0.15, -0.1) is 11.8 Å². The van der Waals surface area contributed by atoms with Crippen LogP contribution in [0.5, 0.6) is 5.88 Å². The van der Waals surface area contributed by atoms with E-state index in [0.717, 1.165) is 16.3 Å². The Morgan fingerprint density at radius 1 is 1.22 bits per heavy atom. The van der Waals surface area contributed by atoms with Crippen LogP contribution in [0.4, 0.5) is 0 Å². The number of hydrogen-bond donors (Lipinski definition) is 0. The number of ether oxygens (including phenoxy) is 2. The molecule has 23 heavy (non-hydrogen) atoms. The van der Waals surface area contributed by atoms with Crippen LogP contribution in [0, 0.1) is 0 Å². The van der Waals surface area contributed by atoms with Crippen LogP contribution in [0.3, 0.4) is 0 Å². The molecule has 0 bridgehead atoms. The molecule has 0 saturated carbocycles. The maximum Gasteiger partial charge on any atom is 0.302 e. The number of carbonyl (C=O) groups excluding carboxylic acids is 1. The Bertz CT molecular complexity index is 646. The predicted molar refractivity (Wildman–Crippen MR) is 91.7 cm³/mol. The molecule has 0 spiro atoms. The maximum atomic E-state index is 11.1. The van der Waals surface area contributed by atoms with E-state index in [1.165, 1.54) is 12.5 Å². The number of rotatable bonds is 7.